The summed E-state index contributed by atoms with van der Waals surface area (Å²) in [6.07, 6.45) is 0. The van der Waals surface area contributed by atoms with Crippen molar-refractivity contribution < 1.29 is 5.11 Å². The van der Waals surface area contributed by atoms with Crippen LogP contribution in [0.25, 0.3) is 27.8 Å². The third-order valence-corrected chi connectivity index (χ3v) is 6.16. The molecule has 5 heteroatoms. The number of aromatic nitrogens is 2. The number of halogens is 1. The van der Waals surface area contributed by atoms with Crippen LogP contribution in [0, 0.1) is 5.41 Å². The first kappa shape index (κ1) is 20.3. The lowest BCUT2D eigenvalue weighted by Gasteiger charge is -2.10. The zero-order valence-electron chi connectivity index (χ0n) is 17.4. The highest BCUT2D eigenvalue weighted by Crippen LogP contribution is 2.26. The fraction of sp³-hybridized carbons (Fsp3) is 0.0741. The van der Waals surface area contributed by atoms with Crippen LogP contribution >= 0.6 is 11.6 Å². The van der Waals surface area contributed by atoms with Crippen molar-refractivity contribution in [3.05, 3.63) is 119 Å². The molecule has 0 bridgehead atoms. The Balaban J connectivity index is 1.61. The molecule has 1 heterocycles. The van der Waals surface area contributed by atoms with Crippen LogP contribution < -0.4 is 5.62 Å². The van der Waals surface area contributed by atoms with E-state index in [4.69, 9.17) is 17.0 Å². The zero-order valence-corrected chi connectivity index (χ0v) is 18.1. The van der Waals surface area contributed by atoms with Crippen molar-refractivity contribution in [2.45, 2.75) is 13.2 Å². The molecular weight excluding hydrogens is 418 g/mol. The summed E-state index contributed by atoms with van der Waals surface area (Å²) in [5.41, 5.74) is 7.16. The summed E-state index contributed by atoms with van der Waals surface area (Å²) < 4.78 is 3.93. The molecule has 0 radical (unpaired) electrons. The van der Waals surface area contributed by atoms with Crippen molar-refractivity contribution in [1.29, 1.82) is 5.41 Å². The minimum absolute atomic E-state index is 0.000916. The molecular formula is C27H22ClN3O. The molecule has 0 fully saturated rings. The average molecular weight is 440 g/mol. The fourth-order valence-electron chi connectivity index (χ4n) is 4.18. The summed E-state index contributed by atoms with van der Waals surface area (Å²) in [5, 5.41) is 19.3. The van der Waals surface area contributed by atoms with E-state index < -0.39 is 0 Å². The topological polar surface area (TPSA) is 53.9 Å². The fourth-order valence-corrected chi connectivity index (χ4v) is 4.37. The maximum absolute atomic E-state index is 9.67. The van der Waals surface area contributed by atoms with Gasteiger partial charge >= 0.3 is 0 Å². The smallest absolute Gasteiger partial charge is 0.208 e. The molecule has 2 N–H and O–H groups in total. The van der Waals surface area contributed by atoms with Crippen LogP contribution in [0.1, 0.15) is 11.1 Å². The first-order chi connectivity index (χ1) is 15.7. The number of benzene rings is 4. The van der Waals surface area contributed by atoms with Crippen LogP contribution in [0.2, 0.25) is 5.02 Å². The zero-order chi connectivity index (χ0) is 22.1. The molecule has 158 valence electrons. The van der Waals surface area contributed by atoms with Gasteiger partial charge in [-0.05, 0) is 52.6 Å². The number of nitrogens with one attached hydrogen (secondary N) is 1. The van der Waals surface area contributed by atoms with Crippen LogP contribution in [0.3, 0.4) is 0 Å². The van der Waals surface area contributed by atoms with E-state index in [9.17, 15) is 5.11 Å². The second kappa shape index (κ2) is 8.50. The van der Waals surface area contributed by atoms with Gasteiger partial charge < -0.3 is 9.67 Å². The number of hydrogen-bond acceptors (Lipinski definition) is 2. The molecule has 0 atom stereocenters. The lowest BCUT2D eigenvalue weighted by molar-refractivity contribution is 0.282. The minimum Gasteiger partial charge on any atom is -0.392 e. The molecule has 0 saturated heterocycles. The maximum Gasteiger partial charge on any atom is 0.208 e. The normalized spacial score (nSPS) is 11.2. The number of aliphatic hydroxyl groups is 1. The lowest BCUT2D eigenvalue weighted by Crippen LogP contribution is -2.24. The minimum atomic E-state index is -0.000916. The van der Waals surface area contributed by atoms with Crippen LogP contribution in [0.15, 0.2) is 97.1 Å². The molecule has 0 aliphatic heterocycles. The summed E-state index contributed by atoms with van der Waals surface area (Å²) in [6, 6.07) is 31.8. The van der Waals surface area contributed by atoms with Gasteiger partial charge in [0, 0.05) is 10.7 Å². The molecule has 0 unspecified atom stereocenters. The van der Waals surface area contributed by atoms with E-state index in [1.165, 1.54) is 0 Å². The second-order valence-corrected chi connectivity index (χ2v) is 8.09. The molecule has 4 nitrogen and oxygen atoms in total. The Morgan fingerprint density at radius 3 is 2.06 bits per heavy atom. The van der Waals surface area contributed by atoms with Crippen LogP contribution in [-0.4, -0.2) is 14.2 Å². The Labute approximate surface area is 191 Å². The standard InChI is InChI=1S/C27H22ClN3O/c28-24-10-4-2-7-20(24)17-30-25-11-5-6-12-26(25)31(27(30)29)22-15-13-19(14-16-22)23-9-3-1-8-21(23)18-32/h1-16,29,32H,17-18H2. The van der Waals surface area contributed by atoms with Crippen LogP contribution in [0.4, 0.5) is 0 Å². The van der Waals surface area contributed by atoms with Gasteiger partial charge in [-0.2, -0.15) is 0 Å². The summed E-state index contributed by atoms with van der Waals surface area (Å²) in [5.74, 6) is 0. The first-order valence-corrected chi connectivity index (χ1v) is 10.8. The molecule has 4 aromatic carbocycles. The number of rotatable bonds is 5. The Bertz CT molecular complexity index is 1460. The molecule has 1 aromatic heterocycles. The Morgan fingerprint density at radius 1 is 0.719 bits per heavy atom. The Kier molecular flexibility index (Phi) is 5.39. The highest BCUT2D eigenvalue weighted by molar-refractivity contribution is 6.31. The van der Waals surface area contributed by atoms with Gasteiger partial charge in [0.15, 0.2) is 0 Å². The van der Waals surface area contributed by atoms with Crippen molar-refractivity contribution in [1.82, 2.24) is 9.13 Å². The molecule has 32 heavy (non-hydrogen) atoms. The van der Waals surface area contributed by atoms with Crippen LogP contribution in [0.5, 0.6) is 0 Å². The molecule has 0 saturated carbocycles. The number of fused-ring (bicyclic) bond motifs is 1. The summed E-state index contributed by atoms with van der Waals surface area (Å²) in [6.45, 7) is 0.521. The van der Waals surface area contributed by atoms with Gasteiger partial charge in [-0.15, -0.1) is 0 Å². The SMILES string of the molecule is N=c1n(Cc2ccccc2Cl)c2ccccc2n1-c1ccc(-c2ccccc2CO)cc1. The van der Waals surface area contributed by atoms with E-state index in [1.807, 2.05) is 106 Å². The largest absolute Gasteiger partial charge is 0.392 e. The number of para-hydroxylation sites is 2. The van der Waals surface area contributed by atoms with Gasteiger partial charge in [0.25, 0.3) is 0 Å². The van der Waals surface area contributed by atoms with E-state index in [1.54, 1.807) is 0 Å². The van der Waals surface area contributed by atoms with E-state index in [-0.39, 0.29) is 6.61 Å². The molecule has 0 aliphatic rings. The predicted molar refractivity (Wildman–Crippen MR) is 129 cm³/mol. The monoisotopic (exact) mass is 439 g/mol. The second-order valence-electron chi connectivity index (χ2n) is 7.69. The van der Waals surface area contributed by atoms with Crippen molar-refractivity contribution in [2.24, 2.45) is 0 Å². The van der Waals surface area contributed by atoms with Gasteiger partial charge in [0.2, 0.25) is 5.62 Å². The maximum atomic E-state index is 9.67. The van der Waals surface area contributed by atoms with Gasteiger partial charge in [0.05, 0.1) is 24.2 Å². The molecule has 5 rings (SSSR count). The Morgan fingerprint density at radius 2 is 1.34 bits per heavy atom. The van der Waals surface area contributed by atoms with Gasteiger partial charge in [0.1, 0.15) is 0 Å². The third-order valence-electron chi connectivity index (χ3n) is 5.79. The van der Waals surface area contributed by atoms with Crippen molar-refractivity contribution in [3.8, 4) is 16.8 Å². The molecule has 5 aromatic rings. The number of imidazole rings is 1. The van der Waals surface area contributed by atoms with E-state index in [2.05, 4.69) is 0 Å². The highest BCUT2D eigenvalue weighted by atomic mass is 35.5. The molecule has 0 aliphatic carbocycles. The Hall–Kier alpha value is -3.60. The number of aliphatic hydroxyl groups excluding tert-OH is 1. The highest BCUT2D eigenvalue weighted by Gasteiger charge is 2.14. The molecule has 0 spiro atoms. The summed E-state index contributed by atoms with van der Waals surface area (Å²) in [4.78, 5) is 0. The molecule has 0 amide bonds. The van der Waals surface area contributed by atoms with Gasteiger partial charge in [-0.3, -0.25) is 9.98 Å². The van der Waals surface area contributed by atoms with E-state index >= 15 is 0 Å². The van der Waals surface area contributed by atoms with Crippen molar-refractivity contribution >= 4 is 22.6 Å². The first-order valence-electron chi connectivity index (χ1n) is 10.4. The summed E-state index contributed by atoms with van der Waals surface area (Å²) in [7, 11) is 0. The number of hydrogen-bond donors (Lipinski definition) is 2. The summed E-state index contributed by atoms with van der Waals surface area (Å²) >= 11 is 6.40. The quantitative estimate of drug-likeness (QED) is 0.358. The van der Waals surface area contributed by atoms with E-state index in [0.29, 0.717) is 17.2 Å². The van der Waals surface area contributed by atoms with Gasteiger partial charge in [-0.25, -0.2) is 0 Å². The number of nitrogens with zero attached hydrogens (tertiary/aromatic N) is 2. The lowest BCUT2D eigenvalue weighted by atomic mass is 10.00. The van der Waals surface area contributed by atoms with Crippen molar-refractivity contribution in [3.63, 3.8) is 0 Å². The van der Waals surface area contributed by atoms with E-state index in [0.717, 1.165) is 39.0 Å². The third kappa shape index (κ3) is 3.54. The predicted octanol–water partition coefficient (Wildman–Crippen LogP) is 5.77. The van der Waals surface area contributed by atoms with Crippen molar-refractivity contribution in [2.75, 3.05) is 0 Å². The van der Waals surface area contributed by atoms with Crippen LogP contribution in [-0.2, 0) is 13.2 Å². The van der Waals surface area contributed by atoms with Gasteiger partial charge in [-0.1, -0.05) is 78.3 Å². The average Bonchev–Trinajstić information content (AvgIpc) is 3.12.